The molecule has 94 valence electrons. The van der Waals surface area contributed by atoms with Gasteiger partial charge in [0.25, 0.3) is 0 Å². The lowest BCUT2D eigenvalue weighted by Gasteiger charge is -2.17. The number of nitrogens with two attached hydrogens (primary N) is 1. The van der Waals surface area contributed by atoms with E-state index in [4.69, 9.17) is 10.5 Å². The van der Waals surface area contributed by atoms with Gasteiger partial charge in [0.05, 0.1) is 6.61 Å². The summed E-state index contributed by atoms with van der Waals surface area (Å²) >= 11 is 0. The molecule has 2 unspecified atom stereocenters. The zero-order chi connectivity index (χ0) is 13.0. The molecule has 0 saturated heterocycles. The Balaban J connectivity index is 3.05. The second-order valence-corrected chi connectivity index (χ2v) is 3.42. The van der Waals surface area contributed by atoms with E-state index >= 15 is 0 Å². The van der Waals surface area contributed by atoms with Crippen molar-refractivity contribution in [3.63, 3.8) is 0 Å². The molecule has 17 heavy (non-hydrogen) atoms. The van der Waals surface area contributed by atoms with Crippen LogP contribution in [0.15, 0.2) is 18.2 Å². The molecule has 0 fully saturated rings. The van der Waals surface area contributed by atoms with E-state index in [1.54, 1.807) is 6.92 Å². The number of phenolic OH excluding ortho intramolecular Hbond substituents is 1. The fourth-order valence-corrected chi connectivity index (χ4v) is 1.38. The summed E-state index contributed by atoms with van der Waals surface area (Å²) in [6, 6.07) is 4.40. The molecule has 0 saturated carbocycles. The smallest absolute Gasteiger partial charge is 0.249 e. The van der Waals surface area contributed by atoms with Gasteiger partial charge in [-0.25, -0.2) is 0 Å². The van der Waals surface area contributed by atoms with Gasteiger partial charge < -0.3 is 25.8 Å². The fraction of sp³-hybridized carbons (Fsp3) is 0.364. The predicted octanol–water partition coefficient (Wildman–Crippen LogP) is -0.330. The molecule has 6 heteroatoms. The van der Waals surface area contributed by atoms with Crippen LogP contribution >= 0.6 is 0 Å². The van der Waals surface area contributed by atoms with E-state index < -0.39 is 18.1 Å². The Morgan fingerprint density at radius 1 is 1.47 bits per heavy atom. The molecular weight excluding hydrogens is 226 g/mol. The first kappa shape index (κ1) is 13.3. The molecule has 0 aliphatic rings. The van der Waals surface area contributed by atoms with Gasteiger partial charge >= 0.3 is 0 Å². The van der Waals surface area contributed by atoms with E-state index in [9.17, 15) is 20.1 Å². The molecule has 1 aromatic rings. The number of carbonyl (C=O) groups is 1. The second kappa shape index (κ2) is 5.51. The van der Waals surface area contributed by atoms with Crippen molar-refractivity contribution in [3.8, 4) is 11.5 Å². The minimum absolute atomic E-state index is 0.0118. The first-order chi connectivity index (χ1) is 7.99. The minimum atomic E-state index is -1.78. The van der Waals surface area contributed by atoms with Crippen LogP contribution < -0.4 is 10.5 Å². The molecule has 0 radical (unpaired) electrons. The molecule has 0 aliphatic heterocycles. The summed E-state index contributed by atoms with van der Waals surface area (Å²) in [6.45, 7) is 2.08. The Kier molecular flexibility index (Phi) is 4.30. The molecule has 0 heterocycles. The lowest BCUT2D eigenvalue weighted by molar-refractivity contribution is -0.132. The van der Waals surface area contributed by atoms with E-state index in [2.05, 4.69) is 0 Å². The van der Waals surface area contributed by atoms with Crippen LogP contribution in [0.2, 0.25) is 0 Å². The number of hydrogen-bond acceptors (Lipinski definition) is 5. The lowest BCUT2D eigenvalue weighted by atomic mass is 10.0. The SMILES string of the molecule is CCOc1cccc(C(O)C(O)C(N)=O)c1O. The van der Waals surface area contributed by atoms with Crippen LogP contribution in [0.1, 0.15) is 18.6 Å². The number of para-hydroxylation sites is 1. The Hall–Kier alpha value is -1.79. The van der Waals surface area contributed by atoms with E-state index in [1.807, 2.05) is 0 Å². The van der Waals surface area contributed by atoms with Crippen molar-refractivity contribution in [2.24, 2.45) is 5.73 Å². The monoisotopic (exact) mass is 241 g/mol. The van der Waals surface area contributed by atoms with Gasteiger partial charge in [-0.2, -0.15) is 0 Å². The number of ether oxygens (including phenoxy) is 1. The van der Waals surface area contributed by atoms with Crippen molar-refractivity contribution in [1.29, 1.82) is 0 Å². The third-order valence-corrected chi connectivity index (χ3v) is 2.24. The van der Waals surface area contributed by atoms with E-state index in [0.29, 0.717) is 6.61 Å². The van der Waals surface area contributed by atoms with Crippen molar-refractivity contribution in [2.75, 3.05) is 6.61 Å². The Labute approximate surface area is 98.3 Å². The second-order valence-electron chi connectivity index (χ2n) is 3.42. The Morgan fingerprint density at radius 3 is 2.65 bits per heavy atom. The molecule has 0 bridgehead atoms. The number of benzene rings is 1. The van der Waals surface area contributed by atoms with E-state index in [0.717, 1.165) is 0 Å². The maximum Gasteiger partial charge on any atom is 0.249 e. The number of amides is 1. The van der Waals surface area contributed by atoms with Gasteiger partial charge in [-0.1, -0.05) is 12.1 Å². The largest absolute Gasteiger partial charge is 0.504 e. The molecule has 1 rings (SSSR count). The normalized spacial score (nSPS) is 14.1. The fourth-order valence-electron chi connectivity index (χ4n) is 1.38. The predicted molar refractivity (Wildman–Crippen MR) is 59.4 cm³/mol. The molecule has 2 atom stereocenters. The van der Waals surface area contributed by atoms with Crippen LogP contribution in [-0.2, 0) is 4.79 Å². The summed E-state index contributed by atoms with van der Waals surface area (Å²) in [6.07, 6.45) is -3.37. The highest BCUT2D eigenvalue weighted by Crippen LogP contribution is 2.34. The zero-order valence-corrected chi connectivity index (χ0v) is 9.33. The Bertz CT molecular complexity index is 407. The van der Waals surface area contributed by atoms with Gasteiger partial charge in [0.2, 0.25) is 5.91 Å². The number of aromatic hydroxyl groups is 1. The summed E-state index contributed by atoms with van der Waals surface area (Å²) in [5, 5.41) is 28.8. The summed E-state index contributed by atoms with van der Waals surface area (Å²) in [7, 11) is 0. The van der Waals surface area contributed by atoms with Crippen molar-refractivity contribution < 1.29 is 24.9 Å². The first-order valence-corrected chi connectivity index (χ1v) is 5.09. The van der Waals surface area contributed by atoms with Crippen molar-refractivity contribution in [3.05, 3.63) is 23.8 Å². The van der Waals surface area contributed by atoms with Crippen LogP contribution in [0.5, 0.6) is 11.5 Å². The van der Waals surface area contributed by atoms with Crippen LogP contribution in [0.4, 0.5) is 0 Å². The van der Waals surface area contributed by atoms with Crippen LogP contribution in [0.25, 0.3) is 0 Å². The molecule has 6 nitrogen and oxygen atoms in total. The van der Waals surface area contributed by atoms with Crippen molar-refractivity contribution >= 4 is 5.91 Å². The summed E-state index contributed by atoms with van der Waals surface area (Å²) in [5.41, 5.74) is 4.85. The summed E-state index contributed by atoms with van der Waals surface area (Å²) < 4.78 is 5.11. The average molecular weight is 241 g/mol. The highest BCUT2D eigenvalue weighted by molar-refractivity contribution is 5.79. The summed E-state index contributed by atoms with van der Waals surface area (Å²) in [4.78, 5) is 10.7. The van der Waals surface area contributed by atoms with Crippen LogP contribution in [-0.4, -0.2) is 33.9 Å². The quantitative estimate of drug-likeness (QED) is 0.563. The van der Waals surface area contributed by atoms with Gasteiger partial charge in [-0.15, -0.1) is 0 Å². The number of aliphatic hydroxyl groups is 2. The zero-order valence-electron chi connectivity index (χ0n) is 9.33. The van der Waals surface area contributed by atoms with Gasteiger partial charge in [-0.05, 0) is 13.0 Å². The lowest BCUT2D eigenvalue weighted by Crippen LogP contribution is -2.33. The minimum Gasteiger partial charge on any atom is -0.504 e. The molecule has 1 aromatic carbocycles. The molecule has 0 spiro atoms. The van der Waals surface area contributed by atoms with Gasteiger partial charge in [-0.3, -0.25) is 4.79 Å². The topological polar surface area (TPSA) is 113 Å². The van der Waals surface area contributed by atoms with Crippen LogP contribution in [0, 0.1) is 0 Å². The van der Waals surface area contributed by atoms with Gasteiger partial charge in [0, 0.05) is 5.56 Å². The number of phenols is 1. The number of hydrogen-bond donors (Lipinski definition) is 4. The first-order valence-electron chi connectivity index (χ1n) is 5.09. The number of rotatable bonds is 5. The molecule has 0 aliphatic carbocycles. The Morgan fingerprint density at radius 2 is 2.12 bits per heavy atom. The highest BCUT2D eigenvalue weighted by atomic mass is 16.5. The third-order valence-electron chi connectivity index (χ3n) is 2.24. The molecule has 0 aromatic heterocycles. The molecule has 5 N–H and O–H groups in total. The van der Waals surface area contributed by atoms with Gasteiger partial charge in [0.15, 0.2) is 17.6 Å². The number of carbonyl (C=O) groups excluding carboxylic acids is 1. The number of primary amides is 1. The van der Waals surface area contributed by atoms with Gasteiger partial charge in [0.1, 0.15) is 6.10 Å². The standard InChI is InChI=1S/C11H15NO5/c1-2-17-7-5-3-4-6(8(7)13)9(14)10(15)11(12)16/h3-5,9-10,13-15H,2H2,1H3,(H2,12,16). The number of aliphatic hydroxyl groups excluding tert-OH is 2. The van der Waals surface area contributed by atoms with E-state index in [-0.39, 0.29) is 17.1 Å². The maximum atomic E-state index is 10.7. The van der Waals surface area contributed by atoms with Crippen molar-refractivity contribution in [1.82, 2.24) is 0 Å². The molecular formula is C11H15NO5. The summed E-state index contributed by atoms with van der Waals surface area (Å²) in [5.74, 6) is -1.22. The highest BCUT2D eigenvalue weighted by Gasteiger charge is 2.26. The average Bonchev–Trinajstić information content (AvgIpc) is 2.30. The van der Waals surface area contributed by atoms with Crippen LogP contribution in [0.3, 0.4) is 0 Å². The maximum absolute atomic E-state index is 10.7. The van der Waals surface area contributed by atoms with Crippen molar-refractivity contribution in [2.45, 2.75) is 19.1 Å². The third kappa shape index (κ3) is 2.86. The molecule has 1 amide bonds. The van der Waals surface area contributed by atoms with E-state index in [1.165, 1.54) is 18.2 Å².